The van der Waals surface area contributed by atoms with Gasteiger partial charge in [-0.25, -0.2) is 16.8 Å². The summed E-state index contributed by atoms with van der Waals surface area (Å²) in [5.41, 5.74) is 1.41. The molecule has 0 bridgehead atoms. The first-order valence-corrected chi connectivity index (χ1v) is 16.1. The third kappa shape index (κ3) is 6.59. The number of carbonyl (C=O) groups is 1. The molecule has 4 aromatic carbocycles. The predicted molar refractivity (Wildman–Crippen MR) is 160 cm³/mol. The van der Waals surface area contributed by atoms with Crippen LogP contribution in [0.1, 0.15) is 5.56 Å². The molecule has 1 atom stereocenters. The summed E-state index contributed by atoms with van der Waals surface area (Å²) in [5.74, 6) is -0.591. The average Bonchev–Trinajstić information content (AvgIpc) is 2.94. The highest BCUT2D eigenvalue weighted by Crippen LogP contribution is 2.36. The second-order valence-corrected chi connectivity index (χ2v) is 13.5. The Kier molecular flexibility index (Phi) is 8.14. The van der Waals surface area contributed by atoms with Crippen molar-refractivity contribution in [2.45, 2.75) is 16.8 Å². The lowest BCUT2D eigenvalue weighted by molar-refractivity contribution is -0.122. The van der Waals surface area contributed by atoms with Crippen LogP contribution in [-0.4, -0.2) is 35.4 Å². The summed E-state index contributed by atoms with van der Waals surface area (Å²) in [7, 11) is -7.85. The molecule has 4 aromatic rings. The average molecular weight is 633 g/mol. The molecule has 41 heavy (non-hydrogen) atoms. The SMILES string of the molecule is O=C(Nc1ccc(S(=O)(=O)Nc2ccc(Cl)cc2Cl)cc1)C1CN(S(=O)(=O)Cc2ccccc2)c2ccccc2O1. The predicted octanol–water partition coefficient (Wildman–Crippen LogP) is 5.53. The van der Waals surface area contributed by atoms with E-state index in [1.807, 2.05) is 0 Å². The Morgan fingerprint density at radius 1 is 0.878 bits per heavy atom. The lowest BCUT2D eigenvalue weighted by Gasteiger charge is -2.34. The Bertz CT molecular complexity index is 1800. The number of halogens is 2. The number of benzene rings is 4. The topological polar surface area (TPSA) is 122 Å². The first kappa shape index (κ1) is 28.7. The van der Waals surface area contributed by atoms with Crippen molar-refractivity contribution in [3.05, 3.63) is 113 Å². The van der Waals surface area contributed by atoms with E-state index in [4.69, 9.17) is 27.9 Å². The van der Waals surface area contributed by atoms with Gasteiger partial charge in [-0.2, -0.15) is 0 Å². The summed E-state index contributed by atoms with van der Waals surface area (Å²) in [4.78, 5) is 13.1. The van der Waals surface area contributed by atoms with Gasteiger partial charge >= 0.3 is 0 Å². The summed E-state index contributed by atoms with van der Waals surface area (Å²) in [6.07, 6.45) is -1.16. The third-order valence-electron chi connectivity index (χ3n) is 6.16. The van der Waals surface area contributed by atoms with Gasteiger partial charge in [0.1, 0.15) is 5.75 Å². The van der Waals surface area contributed by atoms with Gasteiger partial charge < -0.3 is 10.1 Å². The van der Waals surface area contributed by atoms with Crippen LogP contribution >= 0.6 is 23.2 Å². The zero-order valence-electron chi connectivity index (χ0n) is 21.2. The maximum atomic E-state index is 13.4. The molecule has 1 heterocycles. The lowest BCUT2D eigenvalue weighted by atomic mass is 10.2. The Morgan fingerprint density at radius 3 is 2.27 bits per heavy atom. The van der Waals surface area contributed by atoms with Crippen LogP contribution in [0.15, 0.2) is 102 Å². The second-order valence-electron chi connectivity index (χ2n) is 9.09. The number of fused-ring (bicyclic) bond motifs is 1. The molecule has 1 unspecified atom stereocenters. The minimum atomic E-state index is -3.99. The van der Waals surface area contributed by atoms with E-state index in [0.717, 1.165) is 0 Å². The number of amides is 1. The van der Waals surface area contributed by atoms with Crippen molar-refractivity contribution in [2.75, 3.05) is 20.9 Å². The second kappa shape index (κ2) is 11.6. The molecule has 1 aliphatic rings. The maximum absolute atomic E-state index is 13.4. The van der Waals surface area contributed by atoms with Gasteiger partial charge in [-0.3, -0.25) is 13.8 Å². The van der Waals surface area contributed by atoms with E-state index in [0.29, 0.717) is 22.0 Å². The van der Waals surface area contributed by atoms with Gasteiger partial charge in [0.15, 0.2) is 6.10 Å². The fourth-order valence-corrected chi connectivity index (χ4v) is 7.36. The van der Waals surface area contributed by atoms with Crippen LogP contribution in [-0.2, 0) is 30.6 Å². The van der Waals surface area contributed by atoms with E-state index in [1.54, 1.807) is 54.6 Å². The number of anilines is 3. The molecule has 0 aliphatic carbocycles. The Labute approximate surface area is 247 Å². The molecule has 1 aliphatic heterocycles. The Balaban J connectivity index is 1.31. The molecule has 9 nitrogen and oxygen atoms in total. The molecule has 0 saturated heterocycles. The van der Waals surface area contributed by atoms with E-state index < -0.39 is 32.1 Å². The van der Waals surface area contributed by atoms with E-state index >= 15 is 0 Å². The van der Waals surface area contributed by atoms with Crippen molar-refractivity contribution >= 4 is 66.2 Å². The molecule has 0 saturated carbocycles. The molecule has 13 heteroatoms. The summed E-state index contributed by atoms with van der Waals surface area (Å²) >= 11 is 11.9. The van der Waals surface area contributed by atoms with Gasteiger partial charge in [-0.05, 0) is 60.2 Å². The molecule has 0 radical (unpaired) electrons. The smallest absolute Gasteiger partial charge is 0.267 e. The van der Waals surface area contributed by atoms with E-state index in [2.05, 4.69) is 10.0 Å². The lowest BCUT2D eigenvalue weighted by Crippen LogP contribution is -2.49. The van der Waals surface area contributed by atoms with Gasteiger partial charge in [0.2, 0.25) is 10.0 Å². The van der Waals surface area contributed by atoms with Crippen LogP contribution in [0.4, 0.5) is 17.1 Å². The number of nitrogens with zero attached hydrogens (tertiary/aromatic N) is 1. The minimum Gasteiger partial charge on any atom is -0.476 e. The van der Waals surface area contributed by atoms with E-state index in [9.17, 15) is 21.6 Å². The number of hydrogen-bond donors (Lipinski definition) is 2. The van der Waals surface area contributed by atoms with Crippen molar-refractivity contribution in [1.29, 1.82) is 0 Å². The van der Waals surface area contributed by atoms with Crippen molar-refractivity contribution in [2.24, 2.45) is 0 Å². The molecule has 2 N–H and O–H groups in total. The normalized spacial score (nSPS) is 15.0. The van der Waals surface area contributed by atoms with Gasteiger partial charge in [0.25, 0.3) is 15.9 Å². The standard InChI is InChI=1S/C28H23Cl2N3O6S2/c29-20-10-15-24(23(30)16-20)32-41(37,38)22-13-11-21(12-14-22)31-28(34)27-17-33(25-8-4-5-9-26(25)39-27)40(35,36)18-19-6-2-1-3-7-19/h1-16,27,32H,17-18H2,(H,31,34). The fourth-order valence-electron chi connectivity index (χ4n) is 4.18. The third-order valence-corrected chi connectivity index (χ3v) is 9.81. The van der Waals surface area contributed by atoms with Crippen molar-refractivity contribution in [1.82, 2.24) is 0 Å². The van der Waals surface area contributed by atoms with Crippen molar-refractivity contribution in [3.8, 4) is 5.75 Å². The number of nitrogens with one attached hydrogen (secondary N) is 2. The molecule has 0 spiro atoms. The molecular formula is C28H23Cl2N3O6S2. The monoisotopic (exact) mass is 631 g/mol. The van der Waals surface area contributed by atoms with Gasteiger partial charge in [-0.15, -0.1) is 0 Å². The number of rotatable bonds is 8. The van der Waals surface area contributed by atoms with Crippen LogP contribution in [0.5, 0.6) is 5.75 Å². The minimum absolute atomic E-state index is 0.0671. The van der Waals surface area contributed by atoms with Crippen molar-refractivity contribution < 1.29 is 26.4 Å². The quantitative estimate of drug-likeness (QED) is 0.264. The van der Waals surface area contributed by atoms with Gasteiger partial charge in [0, 0.05) is 10.7 Å². The number of hydrogen-bond acceptors (Lipinski definition) is 6. The maximum Gasteiger partial charge on any atom is 0.267 e. The van der Waals surface area contributed by atoms with Crippen molar-refractivity contribution in [3.63, 3.8) is 0 Å². The fraction of sp³-hybridized carbons (Fsp3) is 0.107. The summed E-state index contributed by atoms with van der Waals surface area (Å²) in [6, 6.07) is 25.2. The van der Waals surface area contributed by atoms with E-state index in [-0.39, 0.29) is 33.7 Å². The molecular weight excluding hydrogens is 609 g/mol. The van der Waals surface area contributed by atoms with Gasteiger partial charge in [-0.1, -0.05) is 65.7 Å². The van der Waals surface area contributed by atoms with E-state index in [1.165, 1.54) is 46.8 Å². The summed E-state index contributed by atoms with van der Waals surface area (Å²) in [6.45, 7) is -0.240. The van der Waals surface area contributed by atoms with Crippen LogP contribution < -0.4 is 19.1 Å². The number of ether oxygens (including phenoxy) is 1. The number of sulfonamides is 2. The Hall–Kier alpha value is -3.77. The summed E-state index contributed by atoms with van der Waals surface area (Å²) < 4.78 is 61.9. The summed E-state index contributed by atoms with van der Waals surface area (Å²) in [5, 5.41) is 3.17. The highest BCUT2D eigenvalue weighted by Gasteiger charge is 2.36. The van der Waals surface area contributed by atoms with Crippen LogP contribution in [0, 0.1) is 0 Å². The number of carbonyl (C=O) groups excluding carboxylic acids is 1. The highest BCUT2D eigenvalue weighted by molar-refractivity contribution is 7.92. The zero-order chi connectivity index (χ0) is 29.2. The van der Waals surface area contributed by atoms with Gasteiger partial charge in [0.05, 0.1) is 33.6 Å². The van der Waals surface area contributed by atoms with Crippen LogP contribution in [0.25, 0.3) is 0 Å². The zero-order valence-corrected chi connectivity index (χ0v) is 24.3. The largest absolute Gasteiger partial charge is 0.476 e. The van der Waals surface area contributed by atoms with Crippen LogP contribution in [0.2, 0.25) is 10.0 Å². The molecule has 5 rings (SSSR count). The Morgan fingerprint density at radius 2 is 1.56 bits per heavy atom. The molecule has 1 amide bonds. The first-order valence-electron chi connectivity index (χ1n) is 12.2. The molecule has 212 valence electrons. The number of para-hydroxylation sites is 2. The van der Waals surface area contributed by atoms with Crippen LogP contribution in [0.3, 0.4) is 0 Å². The molecule has 0 aromatic heterocycles. The highest BCUT2D eigenvalue weighted by atomic mass is 35.5. The molecule has 0 fully saturated rings. The first-order chi connectivity index (χ1) is 19.5.